The molecular weight excluding hydrogens is 322 g/mol. The van der Waals surface area contributed by atoms with E-state index in [2.05, 4.69) is 20.0 Å². The second-order valence-corrected chi connectivity index (χ2v) is 7.63. The molecule has 0 aliphatic heterocycles. The summed E-state index contributed by atoms with van der Waals surface area (Å²) in [4.78, 5) is 1.03. The second kappa shape index (κ2) is 5.75. The lowest BCUT2D eigenvalue weighted by atomic mass is 10.2. The standard InChI is InChI=1S/C13H15N5O2S2/c1-9-5-3-4-6-11(9)22(19,20)14-8-7-12-17-18-10(2)15-16-13(18)21-12/h3-6,14H,7-8H2,1-2H3. The van der Waals surface area contributed by atoms with E-state index in [1.165, 1.54) is 11.3 Å². The molecule has 0 atom stereocenters. The summed E-state index contributed by atoms with van der Waals surface area (Å²) >= 11 is 1.41. The monoisotopic (exact) mass is 337 g/mol. The molecule has 0 saturated carbocycles. The van der Waals surface area contributed by atoms with Crippen LogP contribution in [0, 0.1) is 13.8 Å². The van der Waals surface area contributed by atoms with Gasteiger partial charge in [0.1, 0.15) is 5.01 Å². The molecule has 9 heteroatoms. The lowest BCUT2D eigenvalue weighted by Gasteiger charge is -2.08. The number of fused-ring (bicyclic) bond motifs is 1. The summed E-state index contributed by atoms with van der Waals surface area (Å²) in [5, 5.41) is 13.1. The Bertz CT molecular complexity index is 914. The highest BCUT2D eigenvalue weighted by Gasteiger charge is 2.16. The van der Waals surface area contributed by atoms with Crippen molar-refractivity contribution in [3.63, 3.8) is 0 Å². The van der Waals surface area contributed by atoms with E-state index >= 15 is 0 Å². The van der Waals surface area contributed by atoms with Gasteiger partial charge in [0.15, 0.2) is 5.82 Å². The Kier molecular flexibility index (Phi) is 3.94. The molecule has 2 heterocycles. The highest BCUT2D eigenvalue weighted by Crippen LogP contribution is 2.15. The highest BCUT2D eigenvalue weighted by atomic mass is 32.2. The average Bonchev–Trinajstić information content (AvgIpc) is 3.01. The van der Waals surface area contributed by atoms with E-state index in [9.17, 15) is 8.42 Å². The zero-order chi connectivity index (χ0) is 15.7. The van der Waals surface area contributed by atoms with Crippen molar-refractivity contribution in [2.24, 2.45) is 0 Å². The van der Waals surface area contributed by atoms with Gasteiger partial charge in [-0.3, -0.25) is 0 Å². The minimum Gasteiger partial charge on any atom is -0.211 e. The topological polar surface area (TPSA) is 89.2 Å². The molecule has 22 heavy (non-hydrogen) atoms. The van der Waals surface area contributed by atoms with Crippen molar-refractivity contribution < 1.29 is 8.42 Å². The molecule has 0 fully saturated rings. The molecular formula is C13H15N5O2S2. The first-order valence-corrected chi connectivity index (χ1v) is 9.00. The van der Waals surface area contributed by atoms with Gasteiger partial charge < -0.3 is 0 Å². The molecule has 1 aromatic carbocycles. The van der Waals surface area contributed by atoms with Crippen LogP contribution in [0.4, 0.5) is 0 Å². The van der Waals surface area contributed by atoms with Gasteiger partial charge in [-0.05, 0) is 25.5 Å². The van der Waals surface area contributed by atoms with Crippen LogP contribution >= 0.6 is 11.3 Å². The Morgan fingerprint density at radius 1 is 1.23 bits per heavy atom. The molecule has 0 unspecified atom stereocenters. The Labute approximate surface area is 132 Å². The quantitative estimate of drug-likeness (QED) is 0.758. The molecule has 3 rings (SSSR count). The molecule has 0 aliphatic rings. The molecule has 0 radical (unpaired) electrons. The van der Waals surface area contributed by atoms with Crippen molar-refractivity contribution in [2.75, 3.05) is 6.54 Å². The van der Waals surface area contributed by atoms with Crippen LogP contribution in [0.2, 0.25) is 0 Å². The van der Waals surface area contributed by atoms with E-state index in [4.69, 9.17) is 0 Å². The van der Waals surface area contributed by atoms with Gasteiger partial charge in [-0.1, -0.05) is 29.5 Å². The second-order valence-electron chi connectivity index (χ2n) is 4.85. The summed E-state index contributed by atoms with van der Waals surface area (Å²) in [5.41, 5.74) is 0.726. The largest absolute Gasteiger partial charge is 0.240 e. The summed E-state index contributed by atoms with van der Waals surface area (Å²) < 4.78 is 28.8. The van der Waals surface area contributed by atoms with Crippen LogP contribution in [-0.4, -0.2) is 34.8 Å². The van der Waals surface area contributed by atoms with Gasteiger partial charge in [-0.25, -0.2) is 13.1 Å². The zero-order valence-corrected chi connectivity index (χ0v) is 13.8. The minimum absolute atomic E-state index is 0.291. The first-order chi connectivity index (χ1) is 10.5. The van der Waals surface area contributed by atoms with Crippen LogP contribution in [0.5, 0.6) is 0 Å². The van der Waals surface area contributed by atoms with E-state index in [1.807, 2.05) is 13.0 Å². The van der Waals surface area contributed by atoms with Crippen LogP contribution < -0.4 is 4.72 Å². The van der Waals surface area contributed by atoms with Crippen molar-refractivity contribution in [1.29, 1.82) is 0 Å². The van der Waals surface area contributed by atoms with Crippen LogP contribution in [-0.2, 0) is 16.4 Å². The molecule has 1 N–H and O–H groups in total. The number of benzene rings is 1. The smallest absolute Gasteiger partial charge is 0.211 e. The molecule has 3 aromatic rings. The van der Waals surface area contributed by atoms with E-state index < -0.39 is 10.0 Å². The maximum Gasteiger partial charge on any atom is 0.240 e. The van der Waals surface area contributed by atoms with Crippen LogP contribution in [0.15, 0.2) is 29.2 Å². The predicted octanol–water partition coefficient (Wildman–Crippen LogP) is 1.32. The summed E-state index contributed by atoms with van der Waals surface area (Å²) in [7, 11) is -3.49. The number of sulfonamides is 1. The summed E-state index contributed by atoms with van der Waals surface area (Å²) in [6.45, 7) is 3.89. The van der Waals surface area contributed by atoms with Crippen molar-refractivity contribution in [3.8, 4) is 0 Å². The summed E-state index contributed by atoms with van der Waals surface area (Å²) in [6, 6.07) is 6.91. The molecule has 0 spiro atoms. The van der Waals surface area contributed by atoms with Gasteiger partial charge in [0.25, 0.3) is 0 Å². The van der Waals surface area contributed by atoms with E-state index in [-0.39, 0.29) is 0 Å². The number of hydrogen-bond acceptors (Lipinski definition) is 6. The predicted molar refractivity (Wildman–Crippen MR) is 83.5 cm³/mol. The maximum absolute atomic E-state index is 12.3. The van der Waals surface area contributed by atoms with Gasteiger partial charge in [0.05, 0.1) is 4.90 Å². The van der Waals surface area contributed by atoms with Crippen molar-refractivity contribution in [3.05, 3.63) is 40.7 Å². The van der Waals surface area contributed by atoms with Crippen LogP contribution in [0.1, 0.15) is 16.4 Å². The van der Waals surface area contributed by atoms with Gasteiger partial charge in [0, 0.05) is 13.0 Å². The molecule has 0 aliphatic carbocycles. The van der Waals surface area contributed by atoms with Crippen molar-refractivity contribution in [2.45, 2.75) is 25.2 Å². The minimum atomic E-state index is -3.49. The normalized spacial score (nSPS) is 12.1. The molecule has 2 aromatic heterocycles. The number of aryl methyl sites for hydroxylation is 2. The van der Waals surface area contributed by atoms with Crippen molar-refractivity contribution >= 4 is 26.3 Å². The van der Waals surface area contributed by atoms with E-state index in [0.717, 1.165) is 16.4 Å². The van der Waals surface area contributed by atoms with E-state index in [1.54, 1.807) is 29.6 Å². The first-order valence-electron chi connectivity index (χ1n) is 6.70. The van der Waals surface area contributed by atoms with Crippen molar-refractivity contribution in [1.82, 2.24) is 24.5 Å². The fraction of sp³-hybridized carbons (Fsp3) is 0.308. The number of hydrogen-bond donors (Lipinski definition) is 1. The maximum atomic E-state index is 12.3. The van der Waals surface area contributed by atoms with Gasteiger partial charge in [0.2, 0.25) is 15.0 Å². The molecule has 0 saturated heterocycles. The fourth-order valence-electron chi connectivity index (χ4n) is 2.08. The third kappa shape index (κ3) is 2.87. The van der Waals surface area contributed by atoms with Gasteiger partial charge in [-0.15, -0.1) is 10.2 Å². The number of aromatic nitrogens is 4. The zero-order valence-electron chi connectivity index (χ0n) is 12.1. The number of nitrogens with one attached hydrogen (secondary N) is 1. The van der Waals surface area contributed by atoms with Crippen LogP contribution in [0.3, 0.4) is 0 Å². The Hall–Kier alpha value is -1.84. The lowest BCUT2D eigenvalue weighted by molar-refractivity contribution is 0.580. The third-order valence-electron chi connectivity index (χ3n) is 3.20. The summed E-state index contributed by atoms with van der Waals surface area (Å²) in [5.74, 6) is 0.720. The SMILES string of the molecule is Cc1ccccc1S(=O)(=O)NCCc1nn2c(C)nnc2s1. The fourth-order valence-corrected chi connectivity index (χ4v) is 4.24. The third-order valence-corrected chi connectivity index (χ3v) is 5.78. The van der Waals surface area contributed by atoms with Crippen LogP contribution in [0.25, 0.3) is 4.96 Å². The molecule has 7 nitrogen and oxygen atoms in total. The van der Waals surface area contributed by atoms with E-state index in [0.29, 0.717) is 22.8 Å². The van der Waals surface area contributed by atoms with Gasteiger partial charge >= 0.3 is 0 Å². The average molecular weight is 337 g/mol. The Balaban J connectivity index is 1.68. The Morgan fingerprint density at radius 2 is 2.00 bits per heavy atom. The van der Waals surface area contributed by atoms with Gasteiger partial charge in [-0.2, -0.15) is 9.61 Å². The number of rotatable bonds is 5. The molecule has 0 bridgehead atoms. The first kappa shape index (κ1) is 15.1. The molecule has 116 valence electrons. The summed E-state index contributed by atoms with van der Waals surface area (Å²) in [6.07, 6.45) is 0.512. The lowest BCUT2D eigenvalue weighted by Crippen LogP contribution is -2.26. The number of nitrogens with zero attached hydrogens (tertiary/aromatic N) is 4. The highest BCUT2D eigenvalue weighted by molar-refractivity contribution is 7.89. The molecule has 0 amide bonds. The Morgan fingerprint density at radius 3 is 2.73 bits per heavy atom.